The van der Waals surface area contributed by atoms with E-state index in [1.165, 1.54) is 44.6 Å². The van der Waals surface area contributed by atoms with Gasteiger partial charge in [-0.25, -0.2) is 0 Å². The zero-order valence-electron chi connectivity index (χ0n) is 14.2. The quantitative estimate of drug-likeness (QED) is 0.781. The van der Waals surface area contributed by atoms with E-state index in [9.17, 15) is 0 Å². The van der Waals surface area contributed by atoms with Crippen molar-refractivity contribution in [2.45, 2.75) is 45.3 Å². The summed E-state index contributed by atoms with van der Waals surface area (Å²) >= 11 is 2.17. The van der Waals surface area contributed by atoms with Crippen molar-refractivity contribution in [3.63, 3.8) is 0 Å². The van der Waals surface area contributed by atoms with Crippen LogP contribution in [0, 0.1) is 11.3 Å². The first kappa shape index (κ1) is 17.6. The summed E-state index contributed by atoms with van der Waals surface area (Å²) in [4.78, 5) is 2.73. The van der Waals surface area contributed by atoms with Crippen LogP contribution in [0.5, 0.6) is 0 Å². The Bertz CT molecular complexity index is 293. The minimum absolute atomic E-state index is 0.438. The molecule has 21 heavy (non-hydrogen) atoms. The fourth-order valence-electron chi connectivity index (χ4n) is 3.47. The van der Waals surface area contributed by atoms with Crippen LogP contribution in [0.25, 0.3) is 0 Å². The number of rotatable bonds is 7. The van der Waals surface area contributed by atoms with Crippen molar-refractivity contribution in [2.75, 3.05) is 51.7 Å². The van der Waals surface area contributed by atoms with Gasteiger partial charge in [0.05, 0.1) is 0 Å². The van der Waals surface area contributed by atoms with Crippen molar-refractivity contribution in [2.24, 2.45) is 11.3 Å². The van der Waals surface area contributed by atoms with Gasteiger partial charge in [-0.05, 0) is 37.1 Å². The smallest absolute Gasteiger partial charge is 0.0472 e. The van der Waals surface area contributed by atoms with E-state index in [4.69, 9.17) is 4.74 Å². The average molecular weight is 315 g/mol. The number of nitrogens with one attached hydrogen (secondary N) is 1. The van der Waals surface area contributed by atoms with Crippen LogP contribution >= 0.6 is 11.8 Å². The third-order valence-corrected chi connectivity index (χ3v) is 6.22. The molecule has 0 saturated carbocycles. The number of thioether (sulfide) groups is 1. The summed E-state index contributed by atoms with van der Waals surface area (Å²) in [7, 11) is 0. The third-order valence-electron chi connectivity index (χ3n) is 4.84. The summed E-state index contributed by atoms with van der Waals surface area (Å²) in [6.07, 6.45) is 3.75. The second kappa shape index (κ2) is 8.76. The summed E-state index contributed by atoms with van der Waals surface area (Å²) in [6, 6.07) is 0. The van der Waals surface area contributed by atoms with Gasteiger partial charge < -0.3 is 15.0 Å². The number of hydrogen-bond acceptors (Lipinski definition) is 4. The highest BCUT2D eigenvalue weighted by Crippen LogP contribution is 2.33. The van der Waals surface area contributed by atoms with Crippen molar-refractivity contribution >= 4 is 11.8 Å². The lowest BCUT2D eigenvalue weighted by molar-refractivity contribution is -0.00414. The minimum atomic E-state index is 0.438. The molecule has 0 radical (unpaired) electrons. The van der Waals surface area contributed by atoms with E-state index < -0.39 is 0 Å². The first-order valence-electron chi connectivity index (χ1n) is 8.76. The van der Waals surface area contributed by atoms with Gasteiger partial charge in [0.2, 0.25) is 0 Å². The van der Waals surface area contributed by atoms with Crippen molar-refractivity contribution in [1.82, 2.24) is 10.2 Å². The highest BCUT2D eigenvalue weighted by Gasteiger charge is 2.35. The number of hydrogen-bond donors (Lipinski definition) is 1. The van der Waals surface area contributed by atoms with Crippen molar-refractivity contribution in [3.05, 3.63) is 0 Å². The molecule has 0 aliphatic carbocycles. The maximum atomic E-state index is 5.63. The van der Waals surface area contributed by atoms with Gasteiger partial charge in [0.25, 0.3) is 0 Å². The van der Waals surface area contributed by atoms with Crippen LogP contribution in [0.15, 0.2) is 0 Å². The van der Waals surface area contributed by atoms with Gasteiger partial charge >= 0.3 is 0 Å². The summed E-state index contributed by atoms with van der Waals surface area (Å²) in [5.74, 6) is 2.04. The molecule has 1 atom stereocenters. The lowest BCUT2D eigenvalue weighted by Gasteiger charge is -2.43. The van der Waals surface area contributed by atoms with E-state index in [0.29, 0.717) is 5.41 Å². The molecule has 2 heterocycles. The van der Waals surface area contributed by atoms with Crippen LogP contribution in [-0.2, 0) is 4.74 Å². The summed E-state index contributed by atoms with van der Waals surface area (Å²) in [5.41, 5.74) is 0.438. The van der Waals surface area contributed by atoms with E-state index in [1.807, 2.05) is 0 Å². The van der Waals surface area contributed by atoms with Crippen LogP contribution in [0.4, 0.5) is 0 Å². The topological polar surface area (TPSA) is 24.5 Å². The molecule has 0 aromatic rings. The molecule has 124 valence electrons. The summed E-state index contributed by atoms with van der Waals surface area (Å²) in [5, 5.41) is 4.57. The summed E-state index contributed by atoms with van der Waals surface area (Å²) in [6.45, 7) is 14.9. The second-order valence-electron chi connectivity index (χ2n) is 7.27. The second-order valence-corrected chi connectivity index (χ2v) is 8.68. The maximum Gasteiger partial charge on any atom is 0.0472 e. The predicted octanol–water partition coefficient (Wildman–Crippen LogP) is 2.86. The largest absolute Gasteiger partial charge is 0.381 e. The molecule has 2 aliphatic heterocycles. The lowest BCUT2D eigenvalue weighted by atomic mass is 9.79. The Hall–Kier alpha value is 0.230. The van der Waals surface area contributed by atoms with E-state index in [0.717, 1.165) is 37.5 Å². The first-order chi connectivity index (χ1) is 10.1. The van der Waals surface area contributed by atoms with Gasteiger partial charge in [-0.2, -0.15) is 11.8 Å². The van der Waals surface area contributed by atoms with E-state index in [1.54, 1.807) is 0 Å². The predicted molar refractivity (Wildman–Crippen MR) is 93.2 cm³/mol. The zero-order valence-corrected chi connectivity index (χ0v) is 15.0. The van der Waals surface area contributed by atoms with Gasteiger partial charge in [0, 0.05) is 50.4 Å². The van der Waals surface area contributed by atoms with Gasteiger partial charge in [-0.1, -0.05) is 20.8 Å². The zero-order chi connectivity index (χ0) is 15.1. The normalized spacial score (nSPS) is 27.1. The number of ether oxygens (including phenoxy) is 1. The Kier molecular flexibility index (Phi) is 7.33. The van der Waals surface area contributed by atoms with E-state index in [2.05, 4.69) is 42.7 Å². The molecule has 2 aliphatic rings. The maximum absolute atomic E-state index is 5.63. The van der Waals surface area contributed by atoms with Gasteiger partial charge in [-0.3, -0.25) is 0 Å². The van der Waals surface area contributed by atoms with Gasteiger partial charge in [0.15, 0.2) is 0 Å². The van der Waals surface area contributed by atoms with Crippen LogP contribution in [0.1, 0.15) is 40.0 Å². The monoisotopic (exact) mass is 314 g/mol. The molecular formula is C17H34N2OS. The van der Waals surface area contributed by atoms with Crippen molar-refractivity contribution < 1.29 is 4.74 Å². The molecule has 1 unspecified atom stereocenters. The van der Waals surface area contributed by atoms with E-state index >= 15 is 0 Å². The Morgan fingerprint density at radius 1 is 1.33 bits per heavy atom. The van der Waals surface area contributed by atoms with Crippen molar-refractivity contribution in [3.8, 4) is 0 Å². The molecular weight excluding hydrogens is 280 g/mol. The lowest BCUT2D eigenvalue weighted by Crippen LogP contribution is -2.50. The highest BCUT2D eigenvalue weighted by atomic mass is 32.2. The SMILES string of the molecule is CCC1CN(CC2(CNCC(C)C)CCOCC2)CCS1. The van der Waals surface area contributed by atoms with Gasteiger partial charge in [0.1, 0.15) is 0 Å². The molecule has 3 nitrogen and oxygen atoms in total. The molecule has 0 aromatic heterocycles. The molecule has 0 spiro atoms. The molecule has 2 saturated heterocycles. The Labute approximate surface area is 135 Å². The molecule has 1 N–H and O–H groups in total. The van der Waals surface area contributed by atoms with E-state index in [-0.39, 0.29) is 0 Å². The molecule has 0 amide bonds. The fourth-order valence-corrected chi connectivity index (χ4v) is 4.72. The van der Waals surface area contributed by atoms with Crippen molar-refractivity contribution in [1.29, 1.82) is 0 Å². The average Bonchev–Trinajstić information content (AvgIpc) is 2.48. The fraction of sp³-hybridized carbons (Fsp3) is 1.00. The Balaban J connectivity index is 1.88. The van der Waals surface area contributed by atoms with Crippen LogP contribution in [-0.4, -0.2) is 61.8 Å². The third kappa shape index (κ3) is 5.74. The minimum Gasteiger partial charge on any atom is -0.381 e. The highest BCUT2D eigenvalue weighted by molar-refractivity contribution is 8.00. The van der Waals surface area contributed by atoms with Gasteiger partial charge in [-0.15, -0.1) is 0 Å². The molecule has 4 heteroatoms. The molecule has 0 aromatic carbocycles. The Morgan fingerprint density at radius 2 is 2.10 bits per heavy atom. The number of nitrogens with zero attached hydrogens (tertiary/aromatic N) is 1. The van der Waals surface area contributed by atoms with Crippen LogP contribution in [0.2, 0.25) is 0 Å². The Morgan fingerprint density at radius 3 is 2.76 bits per heavy atom. The standard InChI is InChI=1S/C17H34N2OS/c1-4-16-12-19(7-10-21-16)14-17(5-8-20-9-6-17)13-18-11-15(2)3/h15-16,18H,4-14H2,1-3H3. The summed E-state index contributed by atoms with van der Waals surface area (Å²) < 4.78 is 5.63. The van der Waals surface area contributed by atoms with Crippen LogP contribution < -0.4 is 5.32 Å². The van der Waals surface area contributed by atoms with Crippen LogP contribution in [0.3, 0.4) is 0 Å². The molecule has 2 fully saturated rings. The molecule has 0 bridgehead atoms. The molecule has 2 rings (SSSR count). The first-order valence-corrected chi connectivity index (χ1v) is 9.81.